The first-order valence-electron chi connectivity index (χ1n) is 41.8. The van der Waals surface area contributed by atoms with Gasteiger partial charge in [0.2, 0.25) is 49.5 Å². The number of carboxylic acid groups (broad SMARTS) is 1. The van der Waals surface area contributed by atoms with E-state index in [-0.39, 0.29) is 202 Å². The van der Waals surface area contributed by atoms with Crippen molar-refractivity contribution in [2.24, 2.45) is 22.7 Å². The molecular formula is C87H118CaClF2N12NaO19S2. The summed E-state index contributed by atoms with van der Waals surface area (Å²) in [5, 5.41) is 22.1. The number of aryl methyl sites for hydroxylation is 4. The van der Waals surface area contributed by atoms with E-state index >= 15 is 0 Å². The van der Waals surface area contributed by atoms with Gasteiger partial charge in [-0.05, 0) is 181 Å². The molecular weight excluding hydrogens is 1720 g/mol. The van der Waals surface area contributed by atoms with E-state index in [9.17, 15) is 69.1 Å². The third-order valence-electron chi connectivity index (χ3n) is 24.5. The van der Waals surface area contributed by atoms with Crippen LogP contribution in [0.2, 0.25) is 0 Å². The first-order valence-corrected chi connectivity index (χ1v) is 44.8. The summed E-state index contributed by atoms with van der Waals surface area (Å²) in [7, 11) is -4.71. The van der Waals surface area contributed by atoms with Crippen molar-refractivity contribution >= 4 is 127 Å². The van der Waals surface area contributed by atoms with Crippen molar-refractivity contribution in [1.82, 2.24) is 54.1 Å². The molecule has 4 saturated carbocycles. The number of pyridine rings is 2. The standard InChI is InChI=1S/C43H55FN6O9S.C37H50N4O8S.C6H7FN2O2.CH4.Ca.ClH.Na.2H/c1-26(2)58-37-22-36(30-13-14-35(57-5)27(3)38(30)46-37)59-29-21-33-34(51)24-43(41(54)48-60(55,56)42(4)16-17-42)23-28(43)11-9-7-6-8-10-12-32(40(53)50(33)25-29)45-39(52)31-15-19-49(47-31)20-18-44;1-22(2)48-32-18-31(26-13-14-30(47-5)23(3)33(26)39-32)49-25-17-28-29(42)20-37(35(44)40-50(45,46)36(4)15-16-36)19-24(37)11-9-7-6-8-10-12-27(38)34(43)41(28)21-25;7-2-4-9-3-1-5(8-9)6(10)11;;;;;;/h9,11,13-15,19,22,26,28-29,32-33H,6-8,10,12,16-18,20-21,23-25H2,1-5H3,(H,45,52)(H,48,54);9,11,13-14,18,22,24-25,27-28H,6-8,10,12,15-17,19-21,38H2,1-5H3,(H,40,44);1,3H,2,4H2,(H,10,11);1H4;;1H;;;/q;;;;+2;;+1;2*-1/p-1/b2*11-9-;;;;;;;/t28-,29-,32+,33+,43-;24-,25-,27+,28+,37-;;;;;;;/m11......./s1. The number of carbonyl (C=O) groups is 8. The van der Waals surface area contributed by atoms with Crippen LogP contribution in [0.25, 0.3) is 21.8 Å². The topological polar surface area (TPSA) is 415 Å². The summed E-state index contributed by atoms with van der Waals surface area (Å²) >= 11 is 0. The zero-order valence-corrected chi connectivity index (χ0v) is 79.0. The van der Waals surface area contributed by atoms with Crippen molar-refractivity contribution in [2.45, 2.75) is 262 Å². The van der Waals surface area contributed by atoms with Gasteiger partial charge < -0.3 is 74.4 Å². The first-order chi connectivity index (χ1) is 57.5. The number of alkyl halides is 2. The monoisotopic (exact) mass is 1830 g/mol. The molecule has 6 aromatic rings. The number of carboxylic acids is 1. The molecule has 0 unspecified atom stereocenters. The third kappa shape index (κ3) is 23.9. The summed E-state index contributed by atoms with van der Waals surface area (Å²) in [5.74, 6) is -2.42. The number of quaternary nitrogens is 1. The van der Waals surface area contributed by atoms with E-state index in [2.05, 4.69) is 30.7 Å². The number of fused-ring (bicyclic) bond motifs is 6. The Labute approximate surface area is 790 Å². The molecule has 5 amide bonds. The first kappa shape index (κ1) is 103. The smallest absolute Gasteiger partial charge is 1.00 e. The fourth-order valence-electron chi connectivity index (χ4n) is 16.4. The molecule has 2 aromatic carbocycles. The summed E-state index contributed by atoms with van der Waals surface area (Å²) in [4.78, 5) is 122. The van der Waals surface area contributed by atoms with Crippen LogP contribution in [-0.4, -0.2) is 240 Å². The Morgan fingerprint density at radius 1 is 0.616 bits per heavy atom. The Balaban J connectivity index is 0.000000338. The maximum Gasteiger partial charge on any atom is 2.00 e. The Hall–Kier alpha value is -7.61. The van der Waals surface area contributed by atoms with Gasteiger partial charge in [-0.2, -0.15) is 10.2 Å². The maximum absolute atomic E-state index is 14.8. The van der Waals surface area contributed by atoms with E-state index in [1.807, 2.05) is 90.1 Å². The Kier molecular flexibility index (Phi) is 35.5. The molecule has 4 aliphatic carbocycles. The zero-order valence-electron chi connectivity index (χ0n) is 74.4. The number of methoxy groups -OCH3 is 2. The van der Waals surface area contributed by atoms with Gasteiger partial charge in [0.05, 0.1) is 102 Å². The number of carbonyl (C=O) groups excluding carboxylic acids is 8. The minimum absolute atomic E-state index is 0. The van der Waals surface area contributed by atoms with E-state index in [1.165, 1.54) is 38.8 Å². The molecule has 4 aliphatic heterocycles. The molecule has 8 heterocycles. The number of halogens is 3. The van der Waals surface area contributed by atoms with Gasteiger partial charge >= 0.3 is 67.3 Å². The molecule has 8 aliphatic rings. The SMILES string of the molecule is C.COc1ccc2c(O[C@@H]3C[C@H]4C(=O)C[C@]5(C(=O)NS(=O)(=O)C6(C)CC6)C[C@H]5/C=C\CCCCC[C@H](NC(=O)c5ccn(CCF)n5)C(=O)N4C3)cc(OC(C)C)nc2c1C.COc1ccc2c(O[C@@H]3C[C@H]4C(=O)C[C@]5(C(=O)NS(=O)(=O)C6(C)CC6)C[C@H]5/C=C\CCCCC[C@H]([NH3+])C(=O)N4C3)cc(OC(C)C)nc2c1C.O=C([O-])c1ccn(CCF)n1.[Ca+2].[Cl-].[H-].[H-].[Na+]. The van der Waals surface area contributed by atoms with Crippen LogP contribution in [0, 0.1) is 36.5 Å². The molecule has 0 spiro atoms. The van der Waals surface area contributed by atoms with Gasteiger partial charge in [0.1, 0.15) is 66.0 Å². The zero-order chi connectivity index (χ0) is 87.3. The number of hydrogen-bond donors (Lipinski definition) is 4. The number of amides is 5. The summed E-state index contributed by atoms with van der Waals surface area (Å²) in [6, 6.07) is 10.00. The van der Waals surface area contributed by atoms with Crippen molar-refractivity contribution in [1.29, 1.82) is 0 Å². The van der Waals surface area contributed by atoms with Gasteiger partial charge in [0.25, 0.3) is 11.8 Å². The average Bonchev–Trinajstić information content (AvgIpc) is 1.57. The number of nitrogens with one attached hydrogen (secondary N) is 3. The number of aromatic nitrogens is 6. The molecule has 125 heavy (non-hydrogen) atoms. The van der Waals surface area contributed by atoms with Crippen molar-refractivity contribution in [3.05, 3.63) is 108 Å². The van der Waals surface area contributed by atoms with E-state index in [1.54, 1.807) is 45.1 Å². The number of ketones is 2. The van der Waals surface area contributed by atoms with Crippen LogP contribution in [0.3, 0.4) is 0 Å². The summed E-state index contributed by atoms with van der Waals surface area (Å²) in [6.45, 7) is 13.6. The molecule has 0 bridgehead atoms. The molecule has 38 heteroatoms. The Morgan fingerprint density at radius 2 is 1.03 bits per heavy atom. The Bertz CT molecular complexity index is 5240. The molecule has 10 atom stereocenters. The maximum atomic E-state index is 14.8. The van der Waals surface area contributed by atoms with E-state index in [0.717, 1.165) is 55.0 Å². The molecule has 4 aromatic heterocycles. The number of allylic oxidation sites excluding steroid dienone is 4. The van der Waals surface area contributed by atoms with Crippen LogP contribution in [0.1, 0.15) is 212 Å². The molecule has 0 radical (unpaired) electrons. The second-order valence-electron chi connectivity index (χ2n) is 34.2. The molecule has 2 saturated heterocycles. The largest absolute Gasteiger partial charge is 2.00 e. The fourth-order valence-corrected chi connectivity index (χ4v) is 19.1. The number of aromatic carboxylic acids is 1. The van der Waals surface area contributed by atoms with Gasteiger partial charge in [0.15, 0.2) is 17.6 Å². The van der Waals surface area contributed by atoms with Gasteiger partial charge in [-0.25, -0.2) is 35.6 Å². The number of hydrogen-bond acceptors (Lipinski definition) is 23. The summed E-state index contributed by atoms with van der Waals surface area (Å²) in [5.41, 5.74) is 4.36. The van der Waals surface area contributed by atoms with E-state index in [0.29, 0.717) is 103 Å². The minimum Gasteiger partial charge on any atom is -1.00 e. The minimum atomic E-state index is -3.99. The van der Waals surface area contributed by atoms with Crippen LogP contribution in [0.5, 0.6) is 34.8 Å². The molecule has 6 fully saturated rings. The van der Waals surface area contributed by atoms with Crippen LogP contribution >= 0.6 is 0 Å². The molecule has 31 nitrogen and oxygen atoms in total. The quantitative estimate of drug-likeness (QED) is 0.0529. The number of Topliss-reactive ketones (excluding diaryl/α,β-unsaturated/α-hetero) is 2. The second-order valence-corrected chi connectivity index (χ2v) is 38.6. The van der Waals surface area contributed by atoms with Crippen molar-refractivity contribution in [2.75, 3.05) is 40.7 Å². The van der Waals surface area contributed by atoms with Crippen molar-refractivity contribution in [3.8, 4) is 34.8 Å². The summed E-state index contributed by atoms with van der Waals surface area (Å²) < 4.78 is 119. The van der Waals surface area contributed by atoms with E-state index < -0.39 is 125 Å². The van der Waals surface area contributed by atoms with Crippen LogP contribution in [0.4, 0.5) is 8.78 Å². The predicted molar refractivity (Wildman–Crippen MR) is 454 cm³/mol. The van der Waals surface area contributed by atoms with E-state index in [4.69, 9.17) is 38.4 Å². The van der Waals surface area contributed by atoms with Gasteiger partial charge in [-0.15, -0.1) is 0 Å². The second kappa shape index (κ2) is 43.2. The fraction of sp³-hybridized carbons (Fsp3) is 0.586. The Morgan fingerprint density at radius 3 is 1.43 bits per heavy atom. The molecule has 676 valence electrons. The van der Waals surface area contributed by atoms with Crippen LogP contribution in [0.15, 0.2) is 85.2 Å². The summed E-state index contributed by atoms with van der Waals surface area (Å²) in [6.07, 6.45) is 18.6. The number of sulfonamides is 2. The van der Waals surface area contributed by atoms with Crippen molar-refractivity contribution in [3.63, 3.8) is 0 Å². The number of rotatable bonds is 23. The third-order valence-corrected chi connectivity index (χ3v) is 28.8. The number of benzene rings is 2. The predicted octanol–water partition coefficient (Wildman–Crippen LogP) is 2.62. The van der Waals surface area contributed by atoms with Gasteiger partial charge in [-0.3, -0.25) is 52.4 Å². The van der Waals surface area contributed by atoms with Crippen LogP contribution < -0.4 is 96.0 Å². The molecule has 6 N–H and O–H groups in total. The molecule has 14 rings (SSSR count). The normalized spacial score (nSPS) is 25.0. The van der Waals surface area contributed by atoms with Crippen LogP contribution in [-0.2, 0) is 61.9 Å². The average molecular weight is 1840 g/mol. The van der Waals surface area contributed by atoms with Gasteiger partial charge in [-0.1, -0.05) is 51.0 Å². The number of nitrogens with zero attached hydrogens (tertiary/aromatic N) is 8. The van der Waals surface area contributed by atoms with Gasteiger partial charge in [0, 0.05) is 78.5 Å². The number of ether oxygens (including phenoxy) is 6. The van der Waals surface area contributed by atoms with Crippen molar-refractivity contribution < 1.29 is 148 Å².